The van der Waals surface area contributed by atoms with E-state index in [1.807, 2.05) is 36.9 Å². The smallest absolute Gasteiger partial charge is 0.237 e. The van der Waals surface area contributed by atoms with E-state index in [0.29, 0.717) is 19.6 Å². The maximum Gasteiger partial charge on any atom is 0.237 e. The van der Waals surface area contributed by atoms with Crippen molar-refractivity contribution in [2.45, 2.75) is 51.9 Å². The van der Waals surface area contributed by atoms with Crippen LogP contribution in [-0.4, -0.2) is 59.4 Å². The molecule has 6 nitrogen and oxygen atoms in total. The predicted octanol–water partition coefficient (Wildman–Crippen LogP) is 1.40. The lowest BCUT2D eigenvalue weighted by atomic mass is 10.1. The van der Waals surface area contributed by atoms with Crippen LogP contribution in [-0.2, 0) is 16.1 Å². The Bertz CT molecular complexity index is 647. The average Bonchev–Trinajstić information content (AvgIpc) is 2.91. The van der Waals surface area contributed by atoms with E-state index in [1.54, 1.807) is 0 Å². The highest BCUT2D eigenvalue weighted by molar-refractivity contribution is 5.80. The maximum absolute atomic E-state index is 12.5. The van der Waals surface area contributed by atoms with Crippen molar-refractivity contribution in [3.05, 3.63) is 29.8 Å². The standard InChI is InChI=1S/C19H27N3O3/c1-13(2)25-18-7-5-4-6-15(18)9-21-11-17-8-16(20-14(3)23)10-22(17)19(24)12-21/h4-7,13,16-17H,8-12H2,1-3H3,(H,20,23)/t16-,17-/m0/s1. The molecule has 136 valence electrons. The molecule has 0 bridgehead atoms. The number of carbonyl (C=O) groups is 2. The third-order valence-corrected chi connectivity index (χ3v) is 4.70. The van der Waals surface area contributed by atoms with Gasteiger partial charge in [-0.05, 0) is 26.3 Å². The fourth-order valence-corrected chi connectivity index (χ4v) is 3.80. The lowest BCUT2D eigenvalue weighted by Gasteiger charge is -2.37. The molecule has 0 spiro atoms. The normalized spacial score (nSPS) is 23.7. The highest BCUT2D eigenvalue weighted by atomic mass is 16.5. The second-order valence-corrected chi connectivity index (χ2v) is 7.28. The predicted molar refractivity (Wildman–Crippen MR) is 95.2 cm³/mol. The molecule has 2 saturated heterocycles. The van der Waals surface area contributed by atoms with Gasteiger partial charge in [0.25, 0.3) is 0 Å². The maximum atomic E-state index is 12.5. The number of carbonyl (C=O) groups excluding carboxylic acids is 2. The molecule has 0 aromatic heterocycles. The first kappa shape index (κ1) is 17.7. The third kappa shape index (κ3) is 4.31. The van der Waals surface area contributed by atoms with Gasteiger partial charge < -0.3 is 15.0 Å². The van der Waals surface area contributed by atoms with Gasteiger partial charge in [-0.1, -0.05) is 18.2 Å². The van der Waals surface area contributed by atoms with Gasteiger partial charge in [-0.25, -0.2) is 0 Å². The van der Waals surface area contributed by atoms with Gasteiger partial charge in [-0.15, -0.1) is 0 Å². The molecular formula is C19H27N3O3. The van der Waals surface area contributed by atoms with E-state index in [2.05, 4.69) is 16.3 Å². The molecular weight excluding hydrogens is 318 g/mol. The Morgan fingerprint density at radius 1 is 1.32 bits per heavy atom. The lowest BCUT2D eigenvalue weighted by molar-refractivity contribution is -0.138. The molecule has 1 N–H and O–H groups in total. The summed E-state index contributed by atoms with van der Waals surface area (Å²) in [6, 6.07) is 8.26. The summed E-state index contributed by atoms with van der Waals surface area (Å²) in [4.78, 5) is 27.9. The summed E-state index contributed by atoms with van der Waals surface area (Å²) in [6.07, 6.45) is 0.944. The van der Waals surface area contributed by atoms with Gasteiger partial charge >= 0.3 is 0 Å². The summed E-state index contributed by atoms with van der Waals surface area (Å²) in [7, 11) is 0. The minimum Gasteiger partial charge on any atom is -0.491 e. The van der Waals surface area contributed by atoms with E-state index in [-0.39, 0.29) is 30.0 Å². The number of nitrogens with zero attached hydrogens (tertiary/aromatic N) is 2. The number of fused-ring (bicyclic) bond motifs is 1. The summed E-state index contributed by atoms with van der Waals surface area (Å²) in [6.45, 7) is 8.13. The summed E-state index contributed by atoms with van der Waals surface area (Å²) < 4.78 is 5.89. The molecule has 2 heterocycles. The number of para-hydroxylation sites is 1. The molecule has 2 atom stereocenters. The van der Waals surface area contributed by atoms with E-state index in [9.17, 15) is 9.59 Å². The van der Waals surface area contributed by atoms with Crippen molar-refractivity contribution in [1.29, 1.82) is 0 Å². The zero-order valence-electron chi connectivity index (χ0n) is 15.2. The van der Waals surface area contributed by atoms with Gasteiger partial charge in [0.2, 0.25) is 11.8 Å². The average molecular weight is 345 g/mol. The minimum absolute atomic E-state index is 0.0334. The van der Waals surface area contributed by atoms with Gasteiger partial charge in [0.15, 0.2) is 0 Å². The summed E-state index contributed by atoms with van der Waals surface area (Å²) in [5.41, 5.74) is 1.11. The molecule has 3 rings (SSSR count). The van der Waals surface area contributed by atoms with E-state index in [4.69, 9.17) is 4.74 Å². The SMILES string of the molecule is CC(=O)N[C@H]1C[C@H]2CN(Cc3ccccc3OC(C)C)CC(=O)N2C1. The monoisotopic (exact) mass is 345 g/mol. The molecule has 0 radical (unpaired) electrons. The van der Waals surface area contributed by atoms with E-state index < -0.39 is 0 Å². The first-order valence-electron chi connectivity index (χ1n) is 8.96. The van der Waals surface area contributed by atoms with Crippen LogP contribution < -0.4 is 10.1 Å². The molecule has 2 aliphatic rings. The lowest BCUT2D eigenvalue weighted by Crippen LogP contribution is -2.53. The van der Waals surface area contributed by atoms with Crippen molar-refractivity contribution in [2.24, 2.45) is 0 Å². The first-order chi connectivity index (χ1) is 11.9. The van der Waals surface area contributed by atoms with Crippen LogP contribution in [0.2, 0.25) is 0 Å². The molecule has 2 fully saturated rings. The van der Waals surface area contributed by atoms with E-state index >= 15 is 0 Å². The number of nitrogens with one attached hydrogen (secondary N) is 1. The van der Waals surface area contributed by atoms with Crippen molar-refractivity contribution in [3.63, 3.8) is 0 Å². The molecule has 1 aromatic rings. The quantitative estimate of drug-likeness (QED) is 0.876. The number of ether oxygens (including phenoxy) is 1. The first-order valence-corrected chi connectivity index (χ1v) is 8.96. The number of amides is 2. The zero-order valence-corrected chi connectivity index (χ0v) is 15.2. The van der Waals surface area contributed by atoms with Crippen LogP contribution in [0.1, 0.15) is 32.8 Å². The second-order valence-electron chi connectivity index (χ2n) is 7.28. The van der Waals surface area contributed by atoms with Gasteiger partial charge in [-0.3, -0.25) is 14.5 Å². The molecule has 2 aliphatic heterocycles. The van der Waals surface area contributed by atoms with Crippen LogP contribution in [0, 0.1) is 0 Å². The number of rotatable bonds is 5. The second kappa shape index (κ2) is 7.44. The highest BCUT2D eigenvalue weighted by Gasteiger charge is 2.40. The van der Waals surface area contributed by atoms with Crippen LogP contribution in [0.25, 0.3) is 0 Å². The van der Waals surface area contributed by atoms with Crippen LogP contribution in [0.3, 0.4) is 0 Å². The van der Waals surface area contributed by atoms with Gasteiger partial charge in [0.05, 0.1) is 12.6 Å². The Labute approximate surface area is 149 Å². The molecule has 0 unspecified atom stereocenters. The van der Waals surface area contributed by atoms with Crippen molar-refractivity contribution in [1.82, 2.24) is 15.1 Å². The number of benzene rings is 1. The highest BCUT2D eigenvalue weighted by Crippen LogP contribution is 2.26. The fourth-order valence-electron chi connectivity index (χ4n) is 3.80. The molecule has 0 saturated carbocycles. The number of hydrogen-bond donors (Lipinski definition) is 1. The summed E-state index contributed by atoms with van der Waals surface area (Å²) in [5, 5.41) is 2.94. The van der Waals surface area contributed by atoms with Gasteiger partial charge in [0, 0.05) is 44.2 Å². The summed E-state index contributed by atoms with van der Waals surface area (Å²) >= 11 is 0. The van der Waals surface area contributed by atoms with Crippen molar-refractivity contribution in [2.75, 3.05) is 19.6 Å². The van der Waals surface area contributed by atoms with Crippen molar-refractivity contribution >= 4 is 11.8 Å². The molecule has 0 aliphatic carbocycles. The fraction of sp³-hybridized carbons (Fsp3) is 0.579. The van der Waals surface area contributed by atoms with Gasteiger partial charge in [0.1, 0.15) is 5.75 Å². The number of hydrogen-bond acceptors (Lipinski definition) is 4. The van der Waals surface area contributed by atoms with E-state index in [0.717, 1.165) is 24.3 Å². The Balaban J connectivity index is 1.66. The summed E-state index contributed by atoms with van der Waals surface area (Å²) in [5.74, 6) is 0.996. The van der Waals surface area contributed by atoms with Crippen LogP contribution in [0.5, 0.6) is 5.75 Å². The Hall–Kier alpha value is -2.08. The largest absolute Gasteiger partial charge is 0.491 e. The van der Waals surface area contributed by atoms with E-state index in [1.165, 1.54) is 6.92 Å². The minimum atomic E-state index is -0.0334. The molecule has 2 amide bonds. The van der Waals surface area contributed by atoms with Crippen LogP contribution in [0.4, 0.5) is 0 Å². The zero-order chi connectivity index (χ0) is 18.0. The molecule has 6 heteroatoms. The Kier molecular flexibility index (Phi) is 5.27. The van der Waals surface area contributed by atoms with Crippen molar-refractivity contribution in [3.8, 4) is 5.75 Å². The molecule has 25 heavy (non-hydrogen) atoms. The number of piperazine rings is 1. The molecule has 1 aromatic carbocycles. The van der Waals surface area contributed by atoms with Gasteiger partial charge in [-0.2, -0.15) is 0 Å². The Morgan fingerprint density at radius 2 is 2.08 bits per heavy atom. The van der Waals surface area contributed by atoms with Crippen molar-refractivity contribution < 1.29 is 14.3 Å². The van der Waals surface area contributed by atoms with Crippen LogP contribution in [0.15, 0.2) is 24.3 Å². The third-order valence-electron chi connectivity index (χ3n) is 4.70. The topological polar surface area (TPSA) is 61.9 Å². The Morgan fingerprint density at radius 3 is 2.80 bits per heavy atom. The van der Waals surface area contributed by atoms with Crippen LogP contribution >= 0.6 is 0 Å².